The van der Waals surface area contributed by atoms with Gasteiger partial charge in [-0.05, 0) is 32.1 Å². The number of rotatable bonds is 12. The first kappa shape index (κ1) is 21.0. The van der Waals surface area contributed by atoms with Crippen LogP contribution in [0.2, 0.25) is 0 Å². The van der Waals surface area contributed by atoms with Gasteiger partial charge in [0, 0.05) is 18.3 Å². The van der Waals surface area contributed by atoms with Gasteiger partial charge in [0.25, 0.3) is 0 Å². The Morgan fingerprint density at radius 3 is 1.10 bits per heavy atom. The van der Waals surface area contributed by atoms with E-state index in [4.69, 9.17) is 0 Å². The van der Waals surface area contributed by atoms with Gasteiger partial charge in [-0.15, -0.1) is 0 Å². The second-order valence-corrected chi connectivity index (χ2v) is 7.32. The molecule has 0 aromatic rings. The van der Waals surface area contributed by atoms with Crippen LogP contribution in [0, 0.1) is 5.41 Å². The Kier molecular flexibility index (Phi) is 9.16. The fourth-order valence-corrected chi connectivity index (χ4v) is 5.52. The summed E-state index contributed by atoms with van der Waals surface area (Å²) >= 11 is 0. The summed E-state index contributed by atoms with van der Waals surface area (Å²) in [5.41, 5.74) is 0.897. The molecule has 128 valence electrons. The summed E-state index contributed by atoms with van der Waals surface area (Å²) in [6, 6.07) is 0. The standard InChI is InChI=1S/C20H44N/c1-9-16-21(17-10-2,18-11-3)20(14-6,15-7)19(8,12-4)13-5/h9-18H2,1-8H3/q+1. The van der Waals surface area contributed by atoms with E-state index in [9.17, 15) is 0 Å². The maximum Gasteiger partial charge on any atom is 0.104 e. The molecule has 0 radical (unpaired) electrons. The van der Waals surface area contributed by atoms with Crippen LogP contribution in [0.3, 0.4) is 0 Å². The first-order valence-corrected chi connectivity index (χ1v) is 9.79. The Balaban J connectivity index is 6.12. The van der Waals surface area contributed by atoms with Crippen molar-refractivity contribution in [3.8, 4) is 0 Å². The van der Waals surface area contributed by atoms with Crippen molar-refractivity contribution in [3.63, 3.8) is 0 Å². The normalized spacial score (nSPS) is 13.7. The predicted octanol–water partition coefficient (Wildman–Crippen LogP) is 6.42. The summed E-state index contributed by atoms with van der Waals surface area (Å²) in [5, 5.41) is 0. The third kappa shape index (κ3) is 3.66. The highest BCUT2D eigenvalue weighted by Crippen LogP contribution is 2.50. The van der Waals surface area contributed by atoms with Gasteiger partial charge in [0.15, 0.2) is 0 Å². The molecule has 0 amide bonds. The Morgan fingerprint density at radius 2 is 0.905 bits per heavy atom. The van der Waals surface area contributed by atoms with E-state index in [0.29, 0.717) is 11.0 Å². The van der Waals surface area contributed by atoms with Gasteiger partial charge in [-0.1, -0.05) is 55.4 Å². The van der Waals surface area contributed by atoms with Crippen molar-refractivity contribution >= 4 is 0 Å². The molecular weight excluding hydrogens is 254 g/mol. The summed E-state index contributed by atoms with van der Waals surface area (Å²) in [4.78, 5) is 0. The third-order valence-corrected chi connectivity index (χ3v) is 6.72. The van der Waals surface area contributed by atoms with Crippen LogP contribution in [0.15, 0.2) is 0 Å². The fourth-order valence-electron chi connectivity index (χ4n) is 5.52. The van der Waals surface area contributed by atoms with Crippen LogP contribution in [0.4, 0.5) is 0 Å². The van der Waals surface area contributed by atoms with Gasteiger partial charge in [0.05, 0.1) is 19.6 Å². The quantitative estimate of drug-likeness (QED) is 0.365. The number of hydrogen-bond acceptors (Lipinski definition) is 0. The molecule has 0 bridgehead atoms. The highest BCUT2D eigenvalue weighted by Gasteiger charge is 2.56. The molecule has 0 aliphatic rings. The van der Waals surface area contributed by atoms with Crippen LogP contribution >= 0.6 is 0 Å². The van der Waals surface area contributed by atoms with Crippen molar-refractivity contribution < 1.29 is 4.48 Å². The molecule has 1 heteroatoms. The first-order chi connectivity index (χ1) is 9.92. The van der Waals surface area contributed by atoms with E-state index < -0.39 is 0 Å². The highest BCUT2D eigenvalue weighted by atomic mass is 15.4. The highest BCUT2D eigenvalue weighted by molar-refractivity contribution is 4.96. The molecule has 0 fully saturated rings. The van der Waals surface area contributed by atoms with Gasteiger partial charge in [-0.2, -0.15) is 0 Å². The largest absolute Gasteiger partial charge is 0.318 e. The van der Waals surface area contributed by atoms with Crippen LogP contribution < -0.4 is 0 Å². The molecule has 0 aromatic heterocycles. The zero-order valence-corrected chi connectivity index (χ0v) is 16.5. The van der Waals surface area contributed by atoms with Gasteiger partial charge in [0.1, 0.15) is 5.54 Å². The first-order valence-electron chi connectivity index (χ1n) is 9.79. The third-order valence-electron chi connectivity index (χ3n) is 6.72. The Morgan fingerprint density at radius 1 is 0.571 bits per heavy atom. The second kappa shape index (κ2) is 9.18. The van der Waals surface area contributed by atoms with Gasteiger partial charge in [0.2, 0.25) is 0 Å². The molecule has 0 saturated carbocycles. The minimum Gasteiger partial charge on any atom is -0.318 e. The molecular formula is C20H44N+. The monoisotopic (exact) mass is 298 g/mol. The lowest BCUT2D eigenvalue weighted by molar-refractivity contribution is -0.985. The Labute approximate surface area is 136 Å². The zero-order chi connectivity index (χ0) is 16.6. The minimum atomic E-state index is 0.443. The fraction of sp³-hybridized carbons (Fsp3) is 1.00. The maximum absolute atomic E-state index is 2.58. The lowest BCUT2D eigenvalue weighted by atomic mass is 9.62. The summed E-state index contributed by atoms with van der Waals surface area (Å²) in [6.45, 7) is 23.5. The van der Waals surface area contributed by atoms with Gasteiger partial charge in [-0.25, -0.2) is 0 Å². The van der Waals surface area contributed by atoms with Gasteiger partial charge < -0.3 is 4.48 Å². The average molecular weight is 299 g/mol. The molecule has 0 rings (SSSR count). The lowest BCUT2D eigenvalue weighted by Crippen LogP contribution is -2.71. The molecule has 0 aromatic carbocycles. The molecule has 0 aliphatic heterocycles. The van der Waals surface area contributed by atoms with Crippen LogP contribution in [0.25, 0.3) is 0 Å². The van der Waals surface area contributed by atoms with E-state index in [1.807, 2.05) is 0 Å². The molecule has 0 N–H and O–H groups in total. The lowest BCUT2D eigenvalue weighted by Gasteiger charge is -2.61. The van der Waals surface area contributed by atoms with E-state index in [2.05, 4.69) is 55.4 Å². The maximum atomic E-state index is 2.58. The van der Waals surface area contributed by atoms with Crippen LogP contribution in [-0.4, -0.2) is 29.7 Å². The van der Waals surface area contributed by atoms with Gasteiger partial charge >= 0.3 is 0 Å². The summed E-state index contributed by atoms with van der Waals surface area (Å²) < 4.78 is 1.36. The SMILES string of the molecule is CCC[N+](CCC)(CCC)C(CC)(CC)C(C)(CC)CC. The van der Waals surface area contributed by atoms with Crippen LogP contribution in [0.1, 0.15) is 100 Å². The minimum absolute atomic E-state index is 0.443. The Hall–Kier alpha value is -0.0400. The molecule has 1 nitrogen and oxygen atoms in total. The Bertz CT molecular complexity index is 244. The molecule has 0 aliphatic carbocycles. The smallest absolute Gasteiger partial charge is 0.104 e. The molecule has 0 atom stereocenters. The van der Waals surface area contributed by atoms with Crippen molar-refractivity contribution in [2.45, 2.75) is 106 Å². The van der Waals surface area contributed by atoms with Crippen molar-refractivity contribution in [1.29, 1.82) is 0 Å². The second-order valence-electron chi connectivity index (χ2n) is 7.32. The zero-order valence-electron chi connectivity index (χ0n) is 16.5. The molecule has 0 spiro atoms. The molecule has 0 heterocycles. The predicted molar refractivity (Wildman–Crippen MR) is 97.7 cm³/mol. The number of nitrogens with zero attached hydrogens (tertiary/aromatic N) is 1. The van der Waals surface area contributed by atoms with Crippen molar-refractivity contribution in [3.05, 3.63) is 0 Å². The summed E-state index contributed by atoms with van der Waals surface area (Å²) in [5.74, 6) is 0. The molecule has 0 unspecified atom stereocenters. The van der Waals surface area contributed by atoms with Crippen molar-refractivity contribution in [1.82, 2.24) is 0 Å². The van der Waals surface area contributed by atoms with Crippen molar-refractivity contribution in [2.75, 3.05) is 19.6 Å². The van der Waals surface area contributed by atoms with Crippen molar-refractivity contribution in [2.24, 2.45) is 5.41 Å². The van der Waals surface area contributed by atoms with E-state index in [0.717, 1.165) is 0 Å². The summed E-state index contributed by atoms with van der Waals surface area (Å²) in [7, 11) is 0. The molecule has 21 heavy (non-hydrogen) atoms. The van der Waals surface area contributed by atoms with Gasteiger partial charge in [-0.3, -0.25) is 0 Å². The van der Waals surface area contributed by atoms with E-state index >= 15 is 0 Å². The van der Waals surface area contributed by atoms with Crippen LogP contribution in [0.5, 0.6) is 0 Å². The molecule has 0 saturated heterocycles. The summed E-state index contributed by atoms with van der Waals surface area (Å²) in [6.07, 6.45) is 9.19. The number of quaternary nitrogens is 1. The van der Waals surface area contributed by atoms with E-state index in [1.54, 1.807) is 0 Å². The topological polar surface area (TPSA) is 0 Å². The van der Waals surface area contributed by atoms with Crippen LogP contribution in [-0.2, 0) is 0 Å². The van der Waals surface area contributed by atoms with E-state index in [1.165, 1.54) is 69.1 Å². The number of hydrogen-bond donors (Lipinski definition) is 0. The van der Waals surface area contributed by atoms with E-state index in [-0.39, 0.29) is 0 Å². The average Bonchev–Trinajstić information content (AvgIpc) is 2.49.